The van der Waals surface area contributed by atoms with E-state index in [0.29, 0.717) is 11.3 Å². The van der Waals surface area contributed by atoms with Gasteiger partial charge in [-0.1, -0.05) is 12.1 Å². The quantitative estimate of drug-likeness (QED) is 0.752. The van der Waals surface area contributed by atoms with Crippen molar-refractivity contribution in [1.29, 1.82) is 0 Å². The lowest BCUT2D eigenvalue weighted by Gasteiger charge is -2.09. The zero-order valence-electron chi connectivity index (χ0n) is 9.84. The van der Waals surface area contributed by atoms with Gasteiger partial charge in [0.05, 0.1) is 11.3 Å². The Labute approximate surface area is 104 Å². The molecule has 0 saturated heterocycles. The van der Waals surface area contributed by atoms with Crippen molar-refractivity contribution in [2.75, 3.05) is 11.1 Å². The fraction of sp³-hybridized carbons (Fsp3) is 0.0769. The number of hydrogen-bond donors (Lipinski definition) is 3. The van der Waals surface area contributed by atoms with Crippen LogP contribution in [0.2, 0.25) is 0 Å². The Morgan fingerprint density at radius 3 is 2.83 bits per heavy atom. The maximum atomic E-state index is 12.0. The Kier molecular flexibility index (Phi) is 3.14. The Balaban J connectivity index is 2.28. The number of nitrogens with zero attached hydrogens (tertiary/aromatic N) is 1. The minimum absolute atomic E-state index is 0.0375. The molecule has 5 nitrogen and oxygen atoms in total. The highest BCUT2D eigenvalue weighted by Crippen LogP contribution is 2.23. The summed E-state index contributed by atoms with van der Waals surface area (Å²) < 4.78 is 0. The monoisotopic (exact) mass is 243 g/mol. The highest BCUT2D eigenvalue weighted by molar-refractivity contribution is 6.07. The number of para-hydroxylation sites is 1. The largest absolute Gasteiger partial charge is 0.507 e. The molecule has 0 aliphatic carbocycles. The van der Waals surface area contributed by atoms with Crippen molar-refractivity contribution in [1.82, 2.24) is 4.98 Å². The van der Waals surface area contributed by atoms with Gasteiger partial charge in [-0.3, -0.25) is 4.79 Å². The molecule has 4 N–H and O–H groups in total. The van der Waals surface area contributed by atoms with Crippen LogP contribution in [0.1, 0.15) is 15.9 Å². The zero-order chi connectivity index (χ0) is 13.1. The van der Waals surface area contributed by atoms with Crippen LogP contribution < -0.4 is 11.1 Å². The molecule has 18 heavy (non-hydrogen) atoms. The molecule has 0 aliphatic heterocycles. The van der Waals surface area contributed by atoms with E-state index < -0.39 is 5.91 Å². The molecule has 0 aliphatic rings. The van der Waals surface area contributed by atoms with E-state index in [1.807, 2.05) is 0 Å². The van der Waals surface area contributed by atoms with Crippen LogP contribution in [0, 0.1) is 6.92 Å². The first-order valence-corrected chi connectivity index (χ1v) is 5.40. The Morgan fingerprint density at radius 2 is 2.11 bits per heavy atom. The number of phenolic OH excluding ortho intramolecular Hbond substituents is 1. The van der Waals surface area contributed by atoms with Gasteiger partial charge in [0.25, 0.3) is 5.91 Å². The number of aryl methyl sites for hydroxylation is 1. The van der Waals surface area contributed by atoms with Crippen LogP contribution in [0.25, 0.3) is 0 Å². The van der Waals surface area contributed by atoms with E-state index in [1.165, 1.54) is 12.3 Å². The van der Waals surface area contributed by atoms with Crippen molar-refractivity contribution < 1.29 is 9.90 Å². The Bertz CT molecular complexity index is 597. The minimum Gasteiger partial charge on any atom is -0.507 e. The summed E-state index contributed by atoms with van der Waals surface area (Å²) in [6, 6.07) is 8.28. The molecule has 0 unspecified atom stereocenters. The molecular weight excluding hydrogens is 230 g/mol. The zero-order valence-corrected chi connectivity index (χ0v) is 9.84. The number of phenols is 1. The van der Waals surface area contributed by atoms with Gasteiger partial charge < -0.3 is 16.2 Å². The molecule has 1 amide bonds. The first kappa shape index (κ1) is 11.9. The van der Waals surface area contributed by atoms with E-state index in [9.17, 15) is 9.90 Å². The smallest absolute Gasteiger partial charge is 0.260 e. The van der Waals surface area contributed by atoms with E-state index in [4.69, 9.17) is 5.73 Å². The number of carbonyl (C=O) groups is 1. The summed E-state index contributed by atoms with van der Waals surface area (Å²) in [6.07, 6.45) is 1.53. The lowest BCUT2D eigenvalue weighted by atomic mass is 10.1. The molecule has 1 aromatic carbocycles. The summed E-state index contributed by atoms with van der Waals surface area (Å²) in [4.78, 5) is 15.9. The molecule has 5 heteroatoms. The van der Waals surface area contributed by atoms with Crippen LogP contribution in [-0.4, -0.2) is 16.0 Å². The number of nitrogens with one attached hydrogen (secondary N) is 1. The fourth-order valence-electron chi connectivity index (χ4n) is 1.54. The summed E-state index contributed by atoms with van der Waals surface area (Å²) in [5, 5.41) is 12.4. The van der Waals surface area contributed by atoms with Gasteiger partial charge in [-0.25, -0.2) is 4.98 Å². The molecule has 2 aromatic rings. The van der Waals surface area contributed by atoms with E-state index in [1.54, 1.807) is 31.2 Å². The Hall–Kier alpha value is -2.56. The number of nitrogens with two attached hydrogens (primary N) is 1. The number of benzene rings is 1. The van der Waals surface area contributed by atoms with Crippen LogP contribution in [0.15, 0.2) is 36.5 Å². The molecule has 0 saturated carbocycles. The van der Waals surface area contributed by atoms with Crippen LogP contribution in [0.4, 0.5) is 11.5 Å². The molecule has 0 spiro atoms. The summed E-state index contributed by atoms with van der Waals surface area (Å²) in [6.45, 7) is 1.72. The highest BCUT2D eigenvalue weighted by atomic mass is 16.3. The van der Waals surface area contributed by atoms with Gasteiger partial charge in [-0.2, -0.15) is 0 Å². The van der Waals surface area contributed by atoms with Gasteiger partial charge in [0.1, 0.15) is 5.75 Å². The van der Waals surface area contributed by atoms with Gasteiger partial charge in [-0.15, -0.1) is 0 Å². The van der Waals surface area contributed by atoms with Crippen molar-refractivity contribution >= 4 is 17.4 Å². The number of rotatable bonds is 2. The third-order valence-corrected chi connectivity index (χ3v) is 2.55. The minimum atomic E-state index is -0.443. The van der Waals surface area contributed by atoms with Gasteiger partial charge >= 0.3 is 0 Å². The second kappa shape index (κ2) is 4.75. The average molecular weight is 243 g/mol. The van der Waals surface area contributed by atoms with Gasteiger partial charge in [0.2, 0.25) is 0 Å². The lowest BCUT2D eigenvalue weighted by Crippen LogP contribution is -2.14. The van der Waals surface area contributed by atoms with Gasteiger partial charge in [-0.05, 0) is 30.7 Å². The third-order valence-electron chi connectivity index (χ3n) is 2.55. The van der Waals surface area contributed by atoms with Crippen LogP contribution in [0.5, 0.6) is 5.75 Å². The third kappa shape index (κ3) is 2.24. The highest BCUT2D eigenvalue weighted by Gasteiger charge is 2.13. The molecule has 0 atom stereocenters. The molecule has 92 valence electrons. The van der Waals surface area contributed by atoms with E-state index in [2.05, 4.69) is 10.3 Å². The normalized spacial score (nSPS) is 10.1. The predicted octanol–water partition coefficient (Wildman–Crippen LogP) is 1.93. The van der Waals surface area contributed by atoms with Crippen LogP contribution in [-0.2, 0) is 0 Å². The van der Waals surface area contributed by atoms with Crippen molar-refractivity contribution in [3.05, 3.63) is 47.7 Å². The summed E-state index contributed by atoms with van der Waals surface area (Å²) in [5.74, 6) is -0.200. The van der Waals surface area contributed by atoms with Crippen molar-refractivity contribution in [3.63, 3.8) is 0 Å². The molecule has 0 fully saturated rings. The number of pyridine rings is 1. The maximum Gasteiger partial charge on any atom is 0.260 e. The number of nitrogen functional groups attached to an aromatic ring is 1. The summed E-state index contributed by atoms with van der Waals surface area (Å²) in [7, 11) is 0. The standard InChI is InChI=1S/C13H13N3O2/c1-8-4-2-5-9(11(8)17)13(18)16-12-10(14)6-3-7-15-12/h2-7,17H,14H2,1H3,(H,15,16,18). The SMILES string of the molecule is Cc1cccc(C(=O)Nc2ncccc2N)c1O. The van der Waals surface area contributed by atoms with Gasteiger partial charge in [0.15, 0.2) is 5.82 Å². The maximum absolute atomic E-state index is 12.0. The molecular formula is C13H13N3O2. The van der Waals surface area contributed by atoms with Crippen molar-refractivity contribution in [3.8, 4) is 5.75 Å². The first-order valence-electron chi connectivity index (χ1n) is 5.40. The molecule has 2 rings (SSSR count). The Morgan fingerprint density at radius 1 is 1.33 bits per heavy atom. The van der Waals surface area contributed by atoms with E-state index in [0.717, 1.165) is 0 Å². The summed E-state index contributed by atoms with van der Waals surface area (Å²) >= 11 is 0. The van der Waals surface area contributed by atoms with Crippen molar-refractivity contribution in [2.24, 2.45) is 0 Å². The average Bonchev–Trinajstić information content (AvgIpc) is 2.35. The lowest BCUT2D eigenvalue weighted by molar-refractivity contribution is 0.102. The van der Waals surface area contributed by atoms with Crippen LogP contribution in [0.3, 0.4) is 0 Å². The molecule has 1 heterocycles. The second-order valence-corrected chi connectivity index (χ2v) is 3.87. The number of carbonyl (C=O) groups excluding carboxylic acids is 1. The topological polar surface area (TPSA) is 88.2 Å². The number of anilines is 2. The van der Waals surface area contributed by atoms with Crippen molar-refractivity contribution in [2.45, 2.75) is 6.92 Å². The van der Waals surface area contributed by atoms with E-state index >= 15 is 0 Å². The molecule has 0 bridgehead atoms. The molecule has 0 radical (unpaired) electrons. The van der Waals surface area contributed by atoms with Crippen LogP contribution >= 0.6 is 0 Å². The second-order valence-electron chi connectivity index (χ2n) is 3.87. The number of amides is 1. The fourth-order valence-corrected chi connectivity index (χ4v) is 1.54. The first-order chi connectivity index (χ1) is 8.59. The molecule has 1 aromatic heterocycles. The number of aromatic hydroxyl groups is 1. The number of aromatic nitrogens is 1. The predicted molar refractivity (Wildman–Crippen MR) is 69.4 cm³/mol. The van der Waals surface area contributed by atoms with E-state index in [-0.39, 0.29) is 17.1 Å². The van der Waals surface area contributed by atoms with Gasteiger partial charge in [0, 0.05) is 6.20 Å². The number of hydrogen-bond acceptors (Lipinski definition) is 4. The summed E-state index contributed by atoms with van der Waals surface area (Å²) in [5.41, 5.74) is 6.88.